The van der Waals surface area contributed by atoms with Gasteiger partial charge in [-0.1, -0.05) is 170 Å². The van der Waals surface area contributed by atoms with Crippen molar-refractivity contribution in [1.82, 2.24) is 37.8 Å². The molecular weight excluding hydrogens is 1010 g/mol. The fourth-order valence-electron chi connectivity index (χ4n) is 13.5. The van der Waals surface area contributed by atoms with Crippen molar-refractivity contribution in [3.8, 4) is 51.5 Å². The summed E-state index contributed by atoms with van der Waals surface area (Å²) in [5.74, 6) is 1.57. The number of hydrogen-bond donors (Lipinski definition) is 0. The molecule has 12 aromatic carbocycles. The molecule has 83 heavy (non-hydrogen) atoms. The summed E-state index contributed by atoms with van der Waals surface area (Å²) >= 11 is 0. The Morgan fingerprint density at radius 3 is 0.663 bits per heavy atom. The summed E-state index contributed by atoms with van der Waals surface area (Å²) in [6.07, 6.45) is 0. The molecule has 6 aromatic heterocycles. The van der Waals surface area contributed by atoms with E-state index in [9.17, 15) is 0 Å². The molecule has 0 atom stereocenters. The van der Waals surface area contributed by atoms with Crippen LogP contribution in [0.25, 0.3) is 161 Å². The van der Waals surface area contributed by atoms with Gasteiger partial charge in [0.2, 0.25) is 17.8 Å². The van der Waals surface area contributed by atoms with Gasteiger partial charge in [-0.3, -0.25) is 13.7 Å². The second-order valence-corrected chi connectivity index (χ2v) is 21.6. The maximum Gasteiger partial charge on any atom is 0.241 e. The van der Waals surface area contributed by atoms with E-state index in [1.165, 1.54) is 43.6 Å². The third kappa shape index (κ3) is 6.72. The molecule has 18 aromatic rings. The first-order chi connectivity index (χ1) is 41.2. The van der Waals surface area contributed by atoms with Crippen LogP contribution in [0.5, 0.6) is 0 Å². The maximum absolute atomic E-state index is 5.62. The van der Waals surface area contributed by atoms with Crippen LogP contribution in [0.1, 0.15) is 0 Å². The molecule has 0 saturated heterocycles. The lowest BCUT2D eigenvalue weighted by Gasteiger charge is -2.14. The van der Waals surface area contributed by atoms with Gasteiger partial charge < -0.3 is 9.13 Å². The Morgan fingerprint density at radius 2 is 0.373 bits per heavy atom. The standard InChI is InChI=1S/C75H46N8/c1-3-19-51(20-4-1)79-63-29-13-11-27-57(63)59-43-47(35-39-69(59)79)49-37-41-71-61(45-49)62-46-50(48-36-40-70-60(44-48)58-28-12-14-30-64(58)80(70)52-21-5-2-6-22-52)38-42-72(62)83(71)75-77-73(81-65-31-15-7-23-53(65)54-24-8-16-32-66(54)81)76-74(78-75)82-67-33-17-9-25-55(67)56-26-10-18-34-68(56)82/h1-46H. The Balaban J connectivity index is 0.905. The van der Waals surface area contributed by atoms with Gasteiger partial charge in [0.15, 0.2) is 0 Å². The lowest BCUT2D eigenvalue weighted by atomic mass is 9.98. The summed E-state index contributed by atoms with van der Waals surface area (Å²) < 4.78 is 11.4. The number of fused-ring (bicyclic) bond motifs is 15. The highest BCUT2D eigenvalue weighted by Gasteiger charge is 2.24. The van der Waals surface area contributed by atoms with E-state index in [2.05, 4.69) is 302 Å². The van der Waals surface area contributed by atoms with Crippen LogP contribution in [0, 0.1) is 0 Å². The van der Waals surface area contributed by atoms with E-state index in [0.29, 0.717) is 17.8 Å². The molecule has 0 N–H and O–H groups in total. The minimum atomic E-state index is 0.513. The molecule has 18 rings (SSSR count). The van der Waals surface area contributed by atoms with Gasteiger partial charge in [-0.05, 0) is 131 Å². The lowest BCUT2D eigenvalue weighted by Crippen LogP contribution is -2.13. The summed E-state index contributed by atoms with van der Waals surface area (Å²) in [6.45, 7) is 0. The van der Waals surface area contributed by atoms with Gasteiger partial charge >= 0.3 is 0 Å². The molecule has 0 saturated carbocycles. The Labute approximate surface area is 474 Å². The van der Waals surface area contributed by atoms with Crippen LogP contribution in [-0.2, 0) is 0 Å². The third-order valence-electron chi connectivity index (χ3n) is 17.2. The third-order valence-corrected chi connectivity index (χ3v) is 17.2. The highest BCUT2D eigenvalue weighted by molar-refractivity contribution is 6.15. The molecule has 0 aliphatic carbocycles. The van der Waals surface area contributed by atoms with Crippen LogP contribution in [0.3, 0.4) is 0 Å². The van der Waals surface area contributed by atoms with E-state index in [4.69, 9.17) is 15.0 Å². The number of para-hydroxylation sites is 8. The quantitative estimate of drug-likeness (QED) is 0.160. The van der Waals surface area contributed by atoms with Gasteiger partial charge in [-0.15, -0.1) is 0 Å². The zero-order valence-corrected chi connectivity index (χ0v) is 44.6. The van der Waals surface area contributed by atoms with E-state index >= 15 is 0 Å². The van der Waals surface area contributed by atoms with Gasteiger partial charge in [0.05, 0.1) is 55.2 Å². The van der Waals surface area contributed by atoms with Crippen molar-refractivity contribution in [2.24, 2.45) is 0 Å². The number of nitrogens with zero attached hydrogens (tertiary/aromatic N) is 8. The van der Waals surface area contributed by atoms with E-state index in [1.54, 1.807) is 0 Å². The first-order valence-electron chi connectivity index (χ1n) is 28.2. The molecule has 0 spiro atoms. The molecule has 8 heteroatoms. The molecule has 386 valence electrons. The summed E-state index contributed by atoms with van der Waals surface area (Å²) in [6, 6.07) is 101. The molecular formula is C75H46N8. The van der Waals surface area contributed by atoms with Crippen LogP contribution in [-0.4, -0.2) is 37.8 Å². The molecule has 0 fully saturated rings. The lowest BCUT2D eigenvalue weighted by molar-refractivity contribution is 0.848. The zero-order valence-electron chi connectivity index (χ0n) is 44.6. The molecule has 8 nitrogen and oxygen atoms in total. The fraction of sp³-hybridized carbons (Fsp3) is 0. The molecule has 0 amide bonds. The predicted octanol–water partition coefficient (Wildman–Crippen LogP) is 18.7. The first-order valence-corrected chi connectivity index (χ1v) is 28.2. The van der Waals surface area contributed by atoms with Crippen molar-refractivity contribution in [2.75, 3.05) is 0 Å². The summed E-state index contributed by atoms with van der Waals surface area (Å²) in [5.41, 5.74) is 17.5. The van der Waals surface area contributed by atoms with Gasteiger partial charge in [0.25, 0.3) is 0 Å². The van der Waals surface area contributed by atoms with Crippen molar-refractivity contribution >= 4 is 109 Å². The van der Waals surface area contributed by atoms with Crippen LogP contribution in [0.2, 0.25) is 0 Å². The summed E-state index contributed by atoms with van der Waals surface area (Å²) in [4.78, 5) is 16.8. The summed E-state index contributed by atoms with van der Waals surface area (Å²) in [5, 5.41) is 11.5. The second-order valence-electron chi connectivity index (χ2n) is 21.6. The van der Waals surface area contributed by atoms with E-state index in [-0.39, 0.29) is 0 Å². The number of benzene rings is 12. The molecule has 0 unspecified atom stereocenters. The molecule has 0 radical (unpaired) electrons. The molecule has 0 bridgehead atoms. The van der Waals surface area contributed by atoms with Crippen molar-refractivity contribution < 1.29 is 0 Å². The Kier molecular flexibility index (Phi) is 9.64. The Morgan fingerprint density at radius 1 is 0.169 bits per heavy atom. The number of rotatable bonds is 7. The van der Waals surface area contributed by atoms with Crippen LogP contribution in [0.15, 0.2) is 279 Å². The van der Waals surface area contributed by atoms with Crippen LogP contribution >= 0.6 is 0 Å². The monoisotopic (exact) mass is 1060 g/mol. The van der Waals surface area contributed by atoms with E-state index in [0.717, 1.165) is 99.0 Å². The highest BCUT2D eigenvalue weighted by Crippen LogP contribution is 2.42. The number of aromatic nitrogens is 8. The zero-order chi connectivity index (χ0) is 54.3. The van der Waals surface area contributed by atoms with Crippen LogP contribution in [0.4, 0.5) is 0 Å². The smallest absolute Gasteiger partial charge is 0.241 e. The van der Waals surface area contributed by atoms with E-state index < -0.39 is 0 Å². The van der Waals surface area contributed by atoms with Gasteiger partial charge in [0, 0.05) is 65.2 Å². The molecule has 0 aliphatic rings. The minimum absolute atomic E-state index is 0.513. The summed E-state index contributed by atoms with van der Waals surface area (Å²) in [7, 11) is 0. The van der Waals surface area contributed by atoms with Gasteiger partial charge in [-0.25, -0.2) is 0 Å². The topological polar surface area (TPSA) is 63.3 Å². The Bertz CT molecular complexity index is 5250. The molecule has 6 heterocycles. The highest BCUT2D eigenvalue weighted by atomic mass is 15.3. The van der Waals surface area contributed by atoms with Crippen molar-refractivity contribution in [2.45, 2.75) is 0 Å². The normalized spacial score (nSPS) is 12.1. The fourth-order valence-corrected chi connectivity index (χ4v) is 13.5. The van der Waals surface area contributed by atoms with Crippen molar-refractivity contribution in [1.29, 1.82) is 0 Å². The molecule has 0 aliphatic heterocycles. The van der Waals surface area contributed by atoms with Crippen LogP contribution < -0.4 is 0 Å². The van der Waals surface area contributed by atoms with Gasteiger partial charge in [0.1, 0.15) is 0 Å². The maximum atomic E-state index is 5.62. The average molecular weight is 1060 g/mol. The SMILES string of the molecule is c1ccc(-n2c3ccccc3c3cc(-c4ccc5c(c4)c4cc(-c6ccc7c(c6)c6ccccc6n7-c6ccccc6)ccc4n5-c4nc(-n5c6ccccc6c6ccccc65)nc(-n5c6ccccc6c6ccccc65)n4)ccc32)cc1. The predicted molar refractivity (Wildman–Crippen MR) is 342 cm³/mol. The first kappa shape index (κ1) is 45.5. The second kappa shape index (κ2) is 17.6. The van der Waals surface area contributed by atoms with Crippen molar-refractivity contribution in [3.63, 3.8) is 0 Å². The van der Waals surface area contributed by atoms with Gasteiger partial charge in [-0.2, -0.15) is 15.0 Å². The Hall–Kier alpha value is -11.4. The van der Waals surface area contributed by atoms with E-state index in [1.807, 2.05) is 0 Å². The van der Waals surface area contributed by atoms with Crippen molar-refractivity contribution in [3.05, 3.63) is 279 Å². The largest absolute Gasteiger partial charge is 0.309 e. The average Bonchev–Trinajstić information content (AvgIpc) is 2.47. The number of hydrogen-bond acceptors (Lipinski definition) is 3. The minimum Gasteiger partial charge on any atom is -0.309 e.